The Morgan fingerprint density at radius 2 is 2.29 bits per heavy atom. The molecule has 1 fully saturated rings. The zero-order valence-electron chi connectivity index (χ0n) is 10.5. The van der Waals surface area contributed by atoms with E-state index >= 15 is 0 Å². The van der Waals surface area contributed by atoms with Gasteiger partial charge in [-0.1, -0.05) is 13.8 Å². The monoisotopic (exact) mass is 252 g/mol. The number of anilines is 1. The summed E-state index contributed by atoms with van der Waals surface area (Å²) in [7, 11) is 0. The summed E-state index contributed by atoms with van der Waals surface area (Å²) in [6, 6.07) is 1.96. The molecule has 17 heavy (non-hydrogen) atoms. The van der Waals surface area contributed by atoms with Crippen molar-refractivity contribution in [2.45, 2.75) is 31.6 Å². The quantitative estimate of drug-likeness (QED) is 0.867. The second kappa shape index (κ2) is 5.23. The Morgan fingerprint density at radius 3 is 3.06 bits per heavy atom. The van der Waals surface area contributed by atoms with Crippen LogP contribution in [0.3, 0.4) is 0 Å². The molecule has 1 aliphatic heterocycles. The van der Waals surface area contributed by atoms with Crippen molar-refractivity contribution in [1.29, 1.82) is 0 Å². The van der Waals surface area contributed by atoms with Crippen LogP contribution in [0.2, 0.25) is 0 Å². The molecule has 2 rings (SSSR count). The zero-order chi connectivity index (χ0) is 12.3. The molecule has 94 valence electrons. The minimum absolute atomic E-state index is 0.361. The normalized spacial score (nSPS) is 20.1. The Hall–Kier alpha value is -0.810. The van der Waals surface area contributed by atoms with Crippen molar-refractivity contribution in [3.05, 3.63) is 17.8 Å². The Kier molecular flexibility index (Phi) is 3.89. The first kappa shape index (κ1) is 12.6. The summed E-state index contributed by atoms with van der Waals surface area (Å²) in [4.78, 5) is 2.32. The van der Waals surface area contributed by atoms with Crippen molar-refractivity contribution in [1.82, 2.24) is 10.2 Å². The number of thioether (sulfide) groups is 1. The van der Waals surface area contributed by atoms with Gasteiger partial charge in [-0.05, 0) is 12.5 Å². The molecule has 1 aromatic rings. The van der Waals surface area contributed by atoms with Gasteiger partial charge < -0.3 is 10.6 Å². The van der Waals surface area contributed by atoms with Crippen molar-refractivity contribution in [2.75, 3.05) is 23.7 Å². The molecule has 0 aliphatic carbocycles. The van der Waals surface area contributed by atoms with E-state index in [1.165, 1.54) is 0 Å². The predicted octanol–water partition coefficient (Wildman–Crippen LogP) is 1.66. The highest BCUT2D eigenvalue weighted by Crippen LogP contribution is 2.32. The number of hydrogen-bond acceptors (Lipinski definition) is 5. The van der Waals surface area contributed by atoms with Crippen LogP contribution >= 0.6 is 11.8 Å². The molecule has 0 unspecified atom stereocenters. The standard InChI is InChI=1S/C12H20N4S/c1-12(2)4-6-16(7-8-17-12)11-10(9-13)3-5-14-15-11/h3,5H,4,6-9,13H2,1-2H3. The molecule has 0 aromatic carbocycles. The fourth-order valence-corrected chi connectivity index (χ4v) is 3.11. The van der Waals surface area contributed by atoms with Gasteiger partial charge in [0.25, 0.3) is 0 Å². The molecule has 5 heteroatoms. The summed E-state index contributed by atoms with van der Waals surface area (Å²) in [5.74, 6) is 2.10. The number of aromatic nitrogens is 2. The third-order valence-electron chi connectivity index (χ3n) is 3.14. The van der Waals surface area contributed by atoms with Crippen LogP contribution in [0, 0.1) is 0 Å². The highest BCUT2D eigenvalue weighted by molar-refractivity contribution is 8.00. The number of nitrogens with zero attached hydrogens (tertiary/aromatic N) is 3. The number of rotatable bonds is 2. The SMILES string of the molecule is CC1(C)CCN(c2nnccc2CN)CCS1. The Balaban J connectivity index is 2.17. The third-order valence-corrected chi connectivity index (χ3v) is 4.51. The van der Waals surface area contributed by atoms with Crippen LogP contribution in [0.5, 0.6) is 0 Å². The summed E-state index contributed by atoms with van der Waals surface area (Å²) in [6.45, 7) is 7.20. The van der Waals surface area contributed by atoms with Crippen LogP contribution in [-0.2, 0) is 6.54 Å². The van der Waals surface area contributed by atoms with Gasteiger partial charge in [0.15, 0.2) is 5.82 Å². The highest BCUT2D eigenvalue weighted by atomic mass is 32.2. The van der Waals surface area contributed by atoms with Gasteiger partial charge in [-0.3, -0.25) is 0 Å². The van der Waals surface area contributed by atoms with Crippen molar-refractivity contribution < 1.29 is 0 Å². The molecular weight excluding hydrogens is 232 g/mol. The van der Waals surface area contributed by atoms with E-state index in [-0.39, 0.29) is 0 Å². The van der Waals surface area contributed by atoms with E-state index in [4.69, 9.17) is 5.73 Å². The summed E-state index contributed by atoms with van der Waals surface area (Å²) in [6.07, 6.45) is 2.88. The molecule has 1 aliphatic rings. The van der Waals surface area contributed by atoms with Gasteiger partial charge in [0.05, 0.1) is 6.20 Å². The van der Waals surface area contributed by atoms with Gasteiger partial charge in [-0.15, -0.1) is 5.10 Å². The predicted molar refractivity (Wildman–Crippen MR) is 73.3 cm³/mol. The largest absolute Gasteiger partial charge is 0.354 e. The zero-order valence-corrected chi connectivity index (χ0v) is 11.3. The maximum absolute atomic E-state index is 5.75. The summed E-state index contributed by atoms with van der Waals surface area (Å²) >= 11 is 2.03. The smallest absolute Gasteiger partial charge is 0.155 e. The molecular formula is C12H20N4S. The first-order valence-corrected chi connectivity index (χ1v) is 7.00. The molecule has 0 saturated carbocycles. The Morgan fingerprint density at radius 1 is 1.47 bits per heavy atom. The minimum atomic E-state index is 0.361. The molecule has 0 radical (unpaired) electrons. The lowest BCUT2D eigenvalue weighted by molar-refractivity contribution is 0.632. The van der Waals surface area contributed by atoms with E-state index in [1.54, 1.807) is 6.20 Å². The number of nitrogens with two attached hydrogens (primary N) is 1. The average Bonchev–Trinajstić information content (AvgIpc) is 2.50. The molecule has 0 bridgehead atoms. The maximum atomic E-state index is 5.75. The van der Waals surface area contributed by atoms with Crippen molar-refractivity contribution >= 4 is 17.6 Å². The van der Waals surface area contributed by atoms with Crippen molar-refractivity contribution in [3.63, 3.8) is 0 Å². The first-order valence-electron chi connectivity index (χ1n) is 6.02. The van der Waals surface area contributed by atoms with Crippen LogP contribution in [0.4, 0.5) is 5.82 Å². The fourth-order valence-electron chi connectivity index (χ4n) is 2.01. The van der Waals surface area contributed by atoms with E-state index in [0.717, 1.165) is 36.6 Å². The third kappa shape index (κ3) is 3.10. The van der Waals surface area contributed by atoms with Crippen LogP contribution in [-0.4, -0.2) is 33.8 Å². The minimum Gasteiger partial charge on any atom is -0.354 e. The van der Waals surface area contributed by atoms with Crippen molar-refractivity contribution in [3.8, 4) is 0 Å². The van der Waals surface area contributed by atoms with Crippen LogP contribution in [0.25, 0.3) is 0 Å². The second-order valence-corrected chi connectivity index (χ2v) is 6.73. The van der Waals surface area contributed by atoms with E-state index in [1.807, 2.05) is 17.8 Å². The highest BCUT2D eigenvalue weighted by Gasteiger charge is 2.25. The van der Waals surface area contributed by atoms with Gasteiger partial charge in [0.1, 0.15) is 0 Å². The lowest BCUT2D eigenvalue weighted by Crippen LogP contribution is -2.29. The molecule has 0 amide bonds. The van der Waals surface area contributed by atoms with Gasteiger partial charge >= 0.3 is 0 Å². The average molecular weight is 252 g/mol. The first-order chi connectivity index (χ1) is 8.12. The second-order valence-electron chi connectivity index (χ2n) is 4.93. The maximum Gasteiger partial charge on any atom is 0.155 e. The lowest BCUT2D eigenvalue weighted by Gasteiger charge is -2.24. The summed E-state index contributed by atoms with van der Waals surface area (Å²) in [5.41, 5.74) is 6.84. The van der Waals surface area contributed by atoms with Crippen LogP contribution < -0.4 is 10.6 Å². The van der Waals surface area contributed by atoms with Crippen LogP contribution in [0.15, 0.2) is 12.3 Å². The molecule has 2 N–H and O–H groups in total. The van der Waals surface area contributed by atoms with Gasteiger partial charge in [0.2, 0.25) is 0 Å². The number of hydrogen-bond donors (Lipinski definition) is 1. The van der Waals surface area contributed by atoms with Crippen LogP contribution in [0.1, 0.15) is 25.8 Å². The van der Waals surface area contributed by atoms with Gasteiger partial charge in [-0.25, -0.2) is 0 Å². The molecule has 1 saturated heterocycles. The molecule has 1 aromatic heterocycles. The molecule has 4 nitrogen and oxygen atoms in total. The molecule has 0 spiro atoms. The Bertz CT molecular complexity index is 381. The molecule has 2 heterocycles. The van der Waals surface area contributed by atoms with Crippen molar-refractivity contribution in [2.24, 2.45) is 5.73 Å². The lowest BCUT2D eigenvalue weighted by atomic mass is 10.1. The van der Waals surface area contributed by atoms with E-state index in [2.05, 4.69) is 28.9 Å². The summed E-state index contributed by atoms with van der Waals surface area (Å²) in [5, 5.41) is 8.23. The molecule has 0 atom stereocenters. The van der Waals surface area contributed by atoms with Gasteiger partial charge in [0, 0.05) is 35.7 Å². The summed E-state index contributed by atoms with van der Waals surface area (Å²) < 4.78 is 0.361. The Labute approximate surface area is 107 Å². The van der Waals surface area contributed by atoms with E-state index in [0.29, 0.717) is 11.3 Å². The van der Waals surface area contributed by atoms with E-state index < -0.39 is 0 Å². The topological polar surface area (TPSA) is 55.0 Å². The van der Waals surface area contributed by atoms with Gasteiger partial charge in [-0.2, -0.15) is 16.9 Å². The fraction of sp³-hybridized carbons (Fsp3) is 0.667. The van der Waals surface area contributed by atoms with E-state index in [9.17, 15) is 0 Å².